The fraction of sp³-hybridized carbons (Fsp3) is 0.0667. The minimum Gasteiger partial charge on any atom is -0.496 e. The molecule has 0 spiro atoms. The van der Waals surface area contributed by atoms with Gasteiger partial charge in [0.05, 0.1) is 18.1 Å². The Kier molecular flexibility index (Phi) is 5.83. The second-order valence-corrected chi connectivity index (χ2v) is 5.88. The molecule has 2 aromatic rings. The molecule has 2 aromatic carbocycles. The molecule has 0 radical (unpaired) electrons. The fourth-order valence-corrected chi connectivity index (χ4v) is 2.29. The lowest BCUT2D eigenvalue weighted by Crippen LogP contribution is -2.34. The van der Waals surface area contributed by atoms with Crippen LogP contribution in [0.3, 0.4) is 0 Å². The smallest absolute Gasteiger partial charge is 0.296 e. The number of amides is 1. The number of anilines is 1. The van der Waals surface area contributed by atoms with E-state index in [2.05, 4.69) is 26.6 Å². The summed E-state index contributed by atoms with van der Waals surface area (Å²) in [4.78, 5) is 22.6. The lowest BCUT2D eigenvalue weighted by molar-refractivity contribution is -0.384. The number of nitro groups is 1. The van der Waals surface area contributed by atoms with Crippen molar-refractivity contribution in [3.63, 3.8) is 0 Å². The summed E-state index contributed by atoms with van der Waals surface area (Å²) in [5.41, 5.74) is 0.350. The van der Waals surface area contributed by atoms with Gasteiger partial charge in [-0.1, -0.05) is 15.9 Å². The predicted octanol–water partition coefficient (Wildman–Crippen LogP) is 3.49. The van der Waals surface area contributed by atoms with Crippen molar-refractivity contribution in [3.05, 3.63) is 62.6 Å². The highest BCUT2D eigenvalue weighted by Crippen LogP contribution is 2.28. The molecule has 0 unspecified atom stereocenters. The van der Waals surface area contributed by atoms with Crippen LogP contribution >= 0.6 is 28.1 Å². The van der Waals surface area contributed by atoms with Crippen LogP contribution in [-0.4, -0.2) is 23.1 Å². The van der Waals surface area contributed by atoms with Crippen LogP contribution in [-0.2, 0) is 0 Å². The summed E-state index contributed by atoms with van der Waals surface area (Å²) in [6, 6.07) is 11.0. The number of methoxy groups -OCH3 is 1. The van der Waals surface area contributed by atoms with Gasteiger partial charge >= 0.3 is 0 Å². The van der Waals surface area contributed by atoms with E-state index >= 15 is 0 Å². The van der Waals surface area contributed by atoms with Crippen molar-refractivity contribution in [3.8, 4) is 5.75 Å². The standard InChI is InChI=1S/C15H12BrN3O4S/c1-23-11-6-7-12(13(8-11)19(21)22)17-15(24)18-14(20)9-2-4-10(16)5-3-9/h2-8H,1H3,(H2,17,18,20,24). The Morgan fingerprint density at radius 2 is 1.92 bits per heavy atom. The van der Waals surface area contributed by atoms with Gasteiger partial charge in [0.25, 0.3) is 11.6 Å². The van der Waals surface area contributed by atoms with Gasteiger partial charge in [0.2, 0.25) is 0 Å². The Labute approximate surface area is 151 Å². The van der Waals surface area contributed by atoms with E-state index in [-0.39, 0.29) is 16.5 Å². The van der Waals surface area contributed by atoms with E-state index in [9.17, 15) is 14.9 Å². The quantitative estimate of drug-likeness (QED) is 0.455. The van der Waals surface area contributed by atoms with E-state index < -0.39 is 10.8 Å². The molecule has 124 valence electrons. The van der Waals surface area contributed by atoms with Gasteiger partial charge in [-0.25, -0.2) is 0 Å². The summed E-state index contributed by atoms with van der Waals surface area (Å²) in [6.45, 7) is 0. The largest absolute Gasteiger partial charge is 0.496 e. The van der Waals surface area contributed by atoms with Crippen LogP contribution in [0.25, 0.3) is 0 Å². The summed E-state index contributed by atoms with van der Waals surface area (Å²) in [5.74, 6) is -0.0757. The highest BCUT2D eigenvalue weighted by Gasteiger charge is 2.17. The zero-order valence-corrected chi connectivity index (χ0v) is 14.8. The molecular formula is C15H12BrN3O4S. The Hall–Kier alpha value is -2.52. The van der Waals surface area contributed by atoms with Crippen LogP contribution < -0.4 is 15.4 Å². The van der Waals surface area contributed by atoms with Crippen LogP contribution in [0.2, 0.25) is 0 Å². The summed E-state index contributed by atoms with van der Waals surface area (Å²) >= 11 is 8.32. The minimum absolute atomic E-state index is 0.0452. The maximum absolute atomic E-state index is 12.1. The molecule has 9 heteroatoms. The van der Waals surface area contributed by atoms with Gasteiger partial charge in [0.15, 0.2) is 5.11 Å². The number of thiocarbonyl (C=S) groups is 1. The van der Waals surface area contributed by atoms with E-state index in [4.69, 9.17) is 17.0 Å². The average molecular weight is 410 g/mol. The van der Waals surface area contributed by atoms with E-state index in [1.165, 1.54) is 19.2 Å². The molecule has 0 aliphatic heterocycles. The van der Waals surface area contributed by atoms with Crippen LogP contribution in [0.15, 0.2) is 46.9 Å². The van der Waals surface area contributed by atoms with E-state index in [0.717, 1.165) is 4.47 Å². The SMILES string of the molecule is COc1ccc(NC(=S)NC(=O)c2ccc(Br)cc2)c([N+](=O)[O-])c1. The molecule has 0 aliphatic carbocycles. The Bertz CT molecular complexity index is 796. The molecule has 0 bridgehead atoms. The number of nitro benzene ring substituents is 1. The molecule has 2 N–H and O–H groups in total. The molecular weight excluding hydrogens is 398 g/mol. The molecule has 0 saturated heterocycles. The number of hydrogen-bond acceptors (Lipinski definition) is 5. The summed E-state index contributed by atoms with van der Waals surface area (Å²) in [7, 11) is 1.41. The highest BCUT2D eigenvalue weighted by atomic mass is 79.9. The van der Waals surface area contributed by atoms with Gasteiger partial charge in [-0.15, -0.1) is 0 Å². The third-order valence-electron chi connectivity index (χ3n) is 2.98. The minimum atomic E-state index is -0.565. The van der Waals surface area contributed by atoms with Crippen molar-refractivity contribution in [2.24, 2.45) is 0 Å². The molecule has 0 atom stereocenters. The topological polar surface area (TPSA) is 93.5 Å². The zero-order chi connectivity index (χ0) is 17.7. The zero-order valence-electron chi connectivity index (χ0n) is 12.4. The molecule has 1 amide bonds. The molecule has 0 saturated carbocycles. The third-order valence-corrected chi connectivity index (χ3v) is 3.72. The van der Waals surface area contributed by atoms with E-state index in [1.54, 1.807) is 30.3 Å². The van der Waals surface area contributed by atoms with Gasteiger partial charge in [-0.05, 0) is 48.6 Å². The number of hydrogen-bond donors (Lipinski definition) is 2. The fourth-order valence-electron chi connectivity index (χ4n) is 1.83. The van der Waals surface area contributed by atoms with Gasteiger partial charge in [-0.3, -0.25) is 20.2 Å². The van der Waals surface area contributed by atoms with E-state index in [1.807, 2.05) is 0 Å². The van der Waals surface area contributed by atoms with E-state index in [0.29, 0.717) is 11.3 Å². The Balaban J connectivity index is 2.10. The number of benzene rings is 2. The molecule has 7 nitrogen and oxygen atoms in total. The highest BCUT2D eigenvalue weighted by molar-refractivity contribution is 9.10. The number of halogens is 1. The molecule has 0 fully saturated rings. The van der Waals surface area contributed by atoms with Gasteiger partial charge < -0.3 is 10.1 Å². The third kappa shape index (κ3) is 4.49. The van der Waals surface area contributed by atoms with Gasteiger partial charge in [0.1, 0.15) is 11.4 Å². The molecule has 0 aliphatic rings. The van der Waals surface area contributed by atoms with Crippen LogP contribution in [0.5, 0.6) is 5.75 Å². The predicted molar refractivity (Wildman–Crippen MR) is 97.5 cm³/mol. The van der Waals surface area contributed by atoms with Crippen molar-refractivity contribution in [1.29, 1.82) is 0 Å². The first-order valence-corrected chi connectivity index (χ1v) is 7.81. The Morgan fingerprint density at radius 3 is 2.50 bits per heavy atom. The maximum atomic E-state index is 12.1. The molecule has 0 heterocycles. The maximum Gasteiger partial charge on any atom is 0.296 e. The monoisotopic (exact) mass is 409 g/mol. The van der Waals surface area contributed by atoms with Gasteiger partial charge in [-0.2, -0.15) is 0 Å². The Morgan fingerprint density at radius 1 is 1.25 bits per heavy atom. The van der Waals surface area contributed by atoms with Crippen molar-refractivity contribution >= 4 is 50.5 Å². The first-order chi connectivity index (χ1) is 11.4. The number of carbonyl (C=O) groups excluding carboxylic acids is 1. The van der Waals surface area contributed by atoms with Crippen molar-refractivity contribution in [2.45, 2.75) is 0 Å². The first kappa shape index (κ1) is 17.8. The molecule has 2 rings (SSSR count). The van der Waals surface area contributed by atoms with Crippen molar-refractivity contribution < 1.29 is 14.5 Å². The number of ether oxygens (including phenoxy) is 1. The lowest BCUT2D eigenvalue weighted by Gasteiger charge is -2.10. The van der Waals surface area contributed by atoms with Crippen molar-refractivity contribution in [2.75, 3.05) is 12.4 Å². The summed E-state index contributed by atoms with van der Waals surface area (Å²) < 4.78 is 5.80. The second kappa shape index (κ2) is 7.84. The first-order valence-electron chi connectivity index (χ1n) is 6.61. The molecule has 0 aromatic heterocycles. The number of nitrogens with zero attached hydrogens (tertiary/aromatic N) is 1. The average Bonchev–Trinajstić information content (AvgIpc) is 2.55. The summed E-state index contributed by atoms with van der Waals surface area (Å²) in [6.07, 6.45) is 0. The molecule has 24 heavy (non-hydrogen) atoms. The number of rotatable bonds is 4. The normalized spacial score (nSPS) is 9.92. The van der Waals surface area contributed by atoms with Crippen LogP contribution in [0, 0.1) is 10.1 Å². The van der Waals surface area contributed by atoms with Gasteiger partial charge in [0, 0.05) is 10.0 Å². The number of nitrogens with one attached hydrogen (secondary N) is 2. The summed E-state index contributed by atoms with van der Waals surface area (Å²) in [5, 5.41) is 16.2. The van der Waals surface area contributed by atoms with Crippen LogP contribution in [0.1, 0.15) is 10.4 Å². The lowest BCUT2D eigenvalue weighted by atomic mass is 10.2. The number of carbonyl (C=O) groups is 1. The van der Waals surface area contributed by atoms with Crippen LogP contribution in [0.4, 0.5) is 11.4 Å². The van der Waals surface area contributed by atoms with Crippen molar-refractivity contribution in [1.82, 2.24) is 5.32 Å². The second-order valence-electron chi connectivity index (χ2n) is 4.56.